The van der Waals surface area contributed by atoms with Crippen molar-refractivity contribution in [3.63, 3.8) is 0 Å². The summed E-state index contributed by atoms with van der Waals surface area (Å²) in [7, 11) is 0. The van der Waals surface area contributed by atoms with Crippen LogP contribution in [0.25, 0.3) is 11.1 Å². The SMILES string of the molecule is N#Cc1ccc(-c2cncc3c2CCCC3O)cc1. The van der Waals surface area contributed by atoms with Crippen LogP contribution in [0, 0.1) is 11.3 Å². The Morgan fingerprint density at radius 2 is 2.00 bits per heavy atom. The molecule has 94 valence electrons. The van der Waals surface area contributed by atoms with Crippen LogP contribution in [0.15, 0.2) is 36.7 Å². The van der Waals surface area contributed by atoms with Gasteiger partial charge in [0.15, 0.2) is 0 Å². The minimum absolute atomic E-state index is 0.394. The quantitative estimate of drug-likeness (QED) is 0.846. The van der Waals surface area contributed by atoms with Crippen LogP contribution < -0.4 is 0 Å². The maximum atomic E-state index is 10.0. The summed E-state index contributed by atoms with van der Waals surface area (Å²) >= 11 is 0. The molecule has 3 heteroatoms. The summed E-state index contributed by atoms with van der Waals surface area (Å²) in [5.74, 6) is 0. The van der Waals surface area contributed by atoms with Crippen molar-refractivity contribution < 1.29 is 5.11 Å². The topological polar surface area (TPSA) is 56.9 Å². The number of aromatic nitrogens is 1. The molecule has 1 aromatic carbocycles. The fourth-order valence-corrected chi connectivity index (χ4v) is 2.67. The van der Waals surface area contributed by atoms with E-state index in [9.17, 15) is 5.11 Å². The van der Waals surface area contributed by atoms with Gasteiger partial charge in [-0.15, -0.1) is 0 Å². The van der Waals surface area contributed by atoms with Gasteiger partial charge in [-0.25, -0.2) is 0 Å². The number of nitrogens with zero attached hydrogens (tertiary/aromatic N) is 2. The highest BCUT2D eigenvalue weighted by atomic mass is 16.3. The van der Waals surface area contributed by atoms with Gasteiger partial charge in [-0.05, 0) is 42.5 Å². The van der Waals surface area contributed by atoms with E-state index in [0.29, 0.717) is 5.56 Å². The molecule has 2 aromatic rings. The maximum Gasteiger partial charge on any atom is 0.0991 e. The Balaban J connectivity index is 2.10. The maximum absolute atomic E-state index is 10.0. The molecule has 1 aliphatic carbocycles. The van der Waals surface area contributed by atoms with Gasteiger partial charge in [0.05, 0.1) is 17.7 Å². The first-order valence-electron chi connectivity index (χ1n) is 6.45. The molecule has 0 amide bonds. The van der Waals surface area contributed by atoms with Crippen molar-refractivity contribution in [2.24, 2.45) is 0 Å². The van der Waals surface area contributed by atoms with Crippen LogP contribution in [0.5, 0.6) is 0 Å². The van der Waals surface area contributed by atoms with Crippen LogP contribution in [0.1, 0.15) is 35.6 Å². The normalized spacial score (nSPS) is 17.6. The molecule has 0 spiro atoms. The van der Waals surface area contributed by atoms with Crippen LogP contribution in [-0.4, -0.2) is 10.1 Å². The molecule has 3 nitrogen and oxygen atoms in total. The van der Waals surface area contributed by atoms with Crippen LogP contribution in [-0.2, 0) is 6.42 Å². The number of hydrogen-bond acceptors (Lipinski definition) is 3. The van der Waals surface area contributed by atoms with E-state index >= 15 is 0 Å². The highest BCUT2D eigenvalue weighted by Gasteiger charge is 2.21. The molecule has 1 atom stereocenters. The number of benzene rings is 1. The van der Waals surface area contributed by atoms with E-state index in [-0.39, 0.29) is 0 Å². The summed E-state index contributed by atoms with van der Waals surface area (Å²) in [6.07, 6.45) is 6.01. The van der Waals surface area contributed by atoms with Crippen LogP contribution in [0.3, 0.4) is 0 Å². The number of nitriles is 1. The summed E-state index contributed by atoms with van der Waals surface area (Å²) in [5, 5.41) is 18.9. The molecular formula is C16H14N2O. The number of aliphatic hydroxyl groups is 1. The lowest BCUT2D eigenvalue weighted by atomic mass is 9.86. The molecule has 0 bridgehead atoms. The number of rotatable bonds is 1. The summed E-state index contributed by atoms with van der Waals surface area (Å²) in [5.41, 5.74) is 4.92. The van der Waals surface area contributed by atoms with E-state index in [4.69, 9.17) is 5.26 Å². The second kappa shape index (κ2) is 4.83. The molecule has 1 N–H and O–H groups in total. The molecule has 0 radical (unpaired) electrons. The Bertz CT molecular complexity index is 641. The van der Waals surface area contributed by atoms with Gasteiger partial charge < -0.3 is 5.11 Å². The summed E-state index contributed by atoms with van der Waals surface area (Å²) in [6.45, 7) is 0. The fourth-order valence-electron chi connectivity index (χ4n) is 2.67. The van der Waals surface area contributed by atoms with Gasteiger partial charge in [-0.2, -0.15) is 5.26 Å². The zero-order valence-electron chi connectivity index (χ0n) is 10.5. The number of aliphatic hydroxyl groups excluding tert-OH is 1. The summed E-state index contributed by atoms with van der Waals surface area (Å²) in [4.78, 5) is 4.24. The first kappa shape index (κ1) is 11.9. The molecule has 0 aliphatic heterocycles. The van der Waals surface area contributed by atoms with E-state index in [1.807, 2.05) is 30.5 Å². The molecule has 0 fully saturated rings. The fraction of sp³-hybridized carbons (Fsp3) is 0.250. The Hall–Kier alpha value is -2.18. The molecule has 1 heterocycles. The molecule has 0 saturated carbocycles. The number of hydrogen-bond donors (Lipinski definition) is 1. The van der Waals surface area contributed by atoms with Crippen molar-refractivity contribution >= 4 is 0 Å². The average molecular weight is 250 g/mol. The second-order valence-electron chi connectivity index (χ2n) is 4.85. The lowest BCUT2D eigenvalue weighted by Crippen LogP contribution is -2.11. The van der Waals surface area contributed by atoms with Gasteiger partial charge >= 0.3 is 0 Å². The van der Waals surface area contributed by atoms with Crippen molar-refractivity contribution in [3.05, 3.63) is 53.3 Å². The zero-order valence-corrected chi connectivity index (χ0v) is 10.5. The van der Waals surface area contributed by atoms with Crippen LogP contribution in [0.2, 0.25) is 0 Å². The molecule has 1 unspecified atom stereocenters. The van der Waals surface area contributed by atoms with E-state index in [0.717, 1.165) is 36.0 Å². The van der Waals surface area contributed by atoms with Crippen molar-refractivity contribution in [2.45, 2.75) is 25.4 Å². The first-order chi connectivity index (χ1) is 9.29. The summed E-state index contributed by atoms with van der Waals surface area (Å²) < 4.78 is 0. The number of fused-ring (bicyclic) bond motifs is 1. The third-order valence-corrected chi connectivity index (χ3v) is 3.68. The lowest BCUT2D eigenvalue weighted by Gasteiger charge is -2.23. The van der Waals surface area contributed by atoms with Crippen LogP contribution in [0.4, 0.5) is 0 Å². The first-order valence-corrected chi connectivity index (χ1v) is 6.45. The van der Waals surface area contributed by atoms with Gasteiger partial charge in [0.2, 0.25) is 0 Å². The van der Waals surface area contributed by atoms with Crippen molar-refractivity contribution in [1.29, 1.82) is 5.26 Å². The minimum Gasteiger partial charge on any atom is -0.388 e. The smallest absolute Gasteiger partial charge is 0.0991 e. The second-order valence-corrected chi connectivity index (χ2v) is 4.85. The van der Waals surface area contributed by atoms with E-state index in [1.165, 1.54) is 5.56 Å². The molecule has 3 rings (SSSR count). The Morgan fingerprint density at radius 1 is 1.21 bits per heavy atom. The van der Waals surface area contributed by atoms with Crippen molar-refractivity contribution in [2.75, 3.05) is 0 Å². The Morgan fingerprint density at radius 3 is 2.74 bits per heavy atom. The monoisotopic (exact) mass is 250 g/mol. The molecule has 1 aromatic heterocycles. The van der Waals surface area contributed by atoms with Gasteiger partial charge in [-0.1, -0.05) is 12.1 Å². The van der Waals surface area contributed by atoms with E-state index in [2.05, 4.69) is 11.1 Å². The van der Waals surface area contributed by atoms with Gasteiger partial charge in [0.25, 0.3) is 0 Å². The van der Waals surface area contributed by atoms with Crippen molar-refractivity contribution in [1.82, 2.24) is 4.98 Å². The number of pyridine rings is 1. The van der Waals surface area contributed by atoms with Gasteiger partial charge in [0, 0.05) is 23.5 Å². The third kappa shape index (κ3) is 2.11. The largest absolute Gasteiger partial charge is 0.388 e. The predicted molar refractivity (Wildman–Crippen MR) is 72.3 cm³/mol. The Kier molecular flexibility index (Phi) is 3.02. The lowest BCUT2D eigenvalue weighted by molar-refractivity contribution is 0.156. The molecule has 0 saturated heterocycles. The van der Waals surface area contributed by atoms with E-state index in [1.54, 1.807) is 6.20 Å². The highest BCUT2D eigenvalue weighted by molar-refractivity contribution is 5.68. The molecule has 19 heavy (non-hydrogen) atoms. The third-order valence-electron chi connectivity index (χ3n) is 3.68. The van der Waals surface area contributed by atoms with E-state index < -0.39 is 6.10 Å². The van der Waals surface area contributed by atoms with Crippen molar-refractivity contribution in [3.8, 4) is 17.2 Å². The summed E-state index contributed by atoms with van der Waals surface area (Å²) in [6, 6.07) is 9.63. The zero-order chi connectivity index (χ0) is 13.2. The Labute approximate surface area is 112 Å². The van der Waals surface area contributed by atoms with Crippen LogP contribution >= 0.6 is 0 Å². The standard InChI is InChI=1S/C16H14N2O/c17-8-11-4-6-12(7-5-11)14-9-18-10-15-13(14)2-1-3-16(15)19/h4-7,9-10,16,19H,1-3H2. The molecule has 1 aliphatic rings. The minimum atomic E-state index is -0.394. The highest BCUT2D eigenvalue weighted by Crippen LogP contribution is 2.35. The van der Waals surface area contributed by atoms with Gasteiger partial charge in [-0.3, -0.25) is 4.98 Å². The predicted octanol–water partition coefficient (Wildman–Crippen LogP) is 2.99. The average Bonchev–Trinajstić information content (AvgIpc) is 2.47. The van der Waals surface area contributed by atoms with Gasteiger partial charge in [0.1, 0.15) is 0 Å². The molecular weight excluding hydrogens is 236 g/mol.